The molecule has 0 saturated heterocycles. The van der Waals surface area contributed by atoms with Crippen LogP contribution in [0.4, 0.5) is 22.7 Å². The first-order valence-electron chi connectivity index (χ1n) is 3.64. The van der Waals surface area contributed by atoms with Crippen molar-refractivity contribution in [3.63, 3.8) is 0 Å². The fourth-order valence-electron chi connectivity index (χ4n) is 1.03. The van der Waals surface area contributed by atoms with Gasteiger partial charge in [0.1, 0.15) is 0 Å². The highest BCUT2D eigenvalue weighted by atomic mass is 15.1. The van der Waals surface area contributed by atoms with E-state index in [0.717, 1.165) is 5.69 Å². The molecule has 0 spiro atoms. The van der Waals surface area contributed by atoms with Crippen molar-refractivity contribution in [1.82, 2.24) is 0 Å². The zero-order valence-electron chi connectivity index (χ0n) is 7.33. The molecule has 0 unspecified atom stereocenters. The first-order valence-corrected chi connectivity index (χ1v) is 3.64. The summed E-state index contributed by atoms with van der Waals surface area (Å²) in [5.74, 6) is 0. The normalized spacial score (nSPS) is 9.83. The molecule has 0 aromatic heterocycles. The maximum Gasteiger partial charge on any atom is 0.0806 e. The van der Waals surface area contributed by atoms with Gasteiger partial charge in [-0.25, -0.2) is 0 Å². The molecule has 0 bridgehead atoms. The van der Waals surface area contributed by atoms with Gasteiger partial charge >= 0.3 is 0 Å². The minimum Gasteiger partial charge on any atom is -0.397 e. The second-order valence-electron chi connectivity index (χ2n) is 2.90. The molecule has 66 valence electrons. The minimum absolute atomic E-state index is 0.459. The van der Waals surface area contributed by atoms with Crippen LogP contribution in [0.1, 0.15) is 0 Å². The molecule has 0 aliphatic rings. The summed E-state index contributed by atoms with van der Waals surface area (Å²) in [7, 11) is 3.81. The van der Waals surface area contributed by atoms with Crippen LogP contribution in [0.5, 0.6) is 0 Å². The first kappa shape index (κ1) is 8.52. The molecule has 0 fully saturated rings. The molecule has 4 nitrogen and oxygen atoms in total. The molecule has 0 radical (unpaired) electrons. The maximum atomic E-state index is 5.74. The van der Waals surface area contributed by atoms with Crippen molar-refractivity contribution >= 4 is 22.7 Å². The highest BCUT2D eigenvalue weighted by Gasteiger charge is 2.06. The van der Waals surface area contributed by atoms with E-state index < -0.39 is 0 Å². The van der Waals surface area contributed by atoms with E-state index in [1.807, 2.05) is 25.1 Å². The Kier molecular flexibility index (Phi) is 1.99. The number of hydrogen-bond donors (Lipinski definition) is 3. The summed E-state index contributed by atoms with van der Waals surface area (Å²) >= 11 is 0. The third-order valence-electron chi connectivity index (χ3n) is 1.78. The van der Waals surface area contributed by atoms with E-state index >= 15 is 0 Å². The summed E-state index contributed by atoms with van der Waals surface area (Å²) in [6, 6.07) is 3.60. The van der Waals surface area contributed by atoms with Crippen LogP contribution in [-0.2, 0) is 0 Å². The van der Waals surface area contributed by atoms with Gasteiger partial charge in [-0.05, 0) is 12.1 Å². The van der Waals surface area contributed by atoms with E-state index in [4.69, 9.17) is 17.2 Å². The lowest BCUT2D eigenvalue weighted by molar-refractivity contribution is 1.14. The van der Waals surface area contributed by atoms with Crippen LogP contribution in [0.15, 0.2) is 12.1 Å². The molecule has 0 aliphatic heterocycles. The minimum atomic E-state index is 0.459. The van der Waals surface area contributed by atoms with Gasteiger partial charge < -0.3 is 22.1 Å². The molecule has 0 atom stereocenters. The van der Waals surface area contributed by atoms with Gasteiger partial charge in [-0.2, -0.15) is 0 Å². The van der Waals surface area contributed by atoms with Crippen LogP contribution in [0.25, 0.3) is 0 Å². The zero-order valence-corrected chi connectivity index (χ0v) is 7.33. The lowest BCUT2D eigenvalue weighted by Gasteiger charge is -2.17. The van der Waals surface area contributed by atoms with Gasteiger partial charge in [-0.15, -0.1) is 0 Å². The van der Waals surface area contributed by atoms with Crippen molar-refractivity contribution in [1.29, 1.82) is 0 Å². The lowest BCUT2D eigenvalue weighted by Crippen LogP contribution is -2.12. The third kappa shape index (κ3) is 1.23. The van der Waals surface area contributed by atoms with Crippen molar-refractivity contribution in [2.24, 2.45) is 0 Å². The Bertz CT molecular complexity index is 293. The summed E-state index contributed by atoms with van der Waals surface area (Å²) in [4.78, 5) is 1.89. The van der Waals surface area contributed by atoms with Gasteiger partial charge in [-0.3, -0.25) is 0 Å². The molecule has 0 saturated carbocycles. The van der Waals surface area contributed by atoms with E-state index in [0.29, 0.717) is 17.1 Å². The predicted octanol–water partition coefficient (Wildman–Crippen LogP) is 0.499. The number of nitrogens with two attached hydrogens (primary N) is 3. The van der Waals surface area contributed by atoms with Crippen LogP contribution in [-0.4, -0.2) is 14.1 Å². The Morgan fingerprint density at radius 2 is 1.58 bits per heavy atom. The Morgan fingerprint density at radius 1 is 1.00 bits per heavy atom. The number of anilines is 4. The average molecular weight is 166 g/mol. The highest BCUT2D eigenvalue weighted by molar-refractivity contribution is 5.87. The molecule has 0 aliphatic carbocycles. The summed E-state index contributed by atoms with van der Waals surface area (Å²) in [6.45, 7) is 0. The second kappa shape index (κ2) is 2.81. The summed E-state index contributed by atoms with van der Waals surface area (Å²) in [5.41, 5.74) is 19.4. The van der Waals surface area contributed by atoms with Gasteiger partial charge in [0.2, 0.25) is 0 Å². The Balaban J connectivity index is 3.27. The molecular weight excluding hydrogens is 152 g/mol. The third-order valence-corrected chi connectivity index (χ3v) is 1.78. The summed E-state index contributed by atoms with van der Waals surface area (Å²) in [5, 5.41) is 0. The Hall–Kier alpha value is -1.58. The molecule has 1 rings (SSSR count). The second-order valence-corrected chi connectivity index (χ2v) is 2.90. The van der Waals surface area contributed by atoms with E-state index in [1.54, 1.807) is 6.07 Å². The van der Waals surface area contributed by atoms with Crippen molar-refractivity contribution in [3.8, 4) is 0 Å². The highest BCUT2D eigenvalue weighted by Crippen LogP contribution is 2.31. The zero-order chi connectivity index (χ0) is 9.30. The standard InChI is InChI=1S/C8H14N4/c1-12(2)6-4-3-5(9)7(10)8(6)11/h3-4H,9-11H2,1-2H3. The molecule has 4 heteroatoms. The fourth-order valence-corrected chi connectivity index (χ4v) is 1.03. The van der Waals surface area contributed by atoms with E-state index in [1.165, 1.54) is 0 Å². The van der Waals surface area contributed by atoms with Crippen molar-refractivity contribution in [2.45, 2.75) is 0 Å². The topological polar surface area (TPSA) is 81.3 Å². The van der Waals surface area contributed by atoms with Crippen LogP contribution in [0, 0.1) is 0 Å². The number of rotatable bonds is 1. The van der Waals surface area contributed by atoms with E-state index in [-0.39, 0.29) is 0 Å². The Morgan fingerprint density at radius 3 is 2.08 bits per heavy atom. The first-order chi connectivity index (χ1) is 5.54. The summed E-state index contributed by atoms with van der Waals surface area (Å²) in [6.07, 6.45) is 0. The number of nitrogen functional groups attached to an aromatic ring is 3. The lowest BCUT2D eigenvalue weighted by atomic mass is 10.2. The SMILES string of the molecule is CN(C)c1ccc(N)c(N)c1N. The molecule has 1 aromatic carbocycles. The van der Waals surface area contributed by atoms with Crippen LogP contribution < -0.4 is 22.1 Å². The van der Waals surface area contributed by atoms with Gasteiger partial charge in [-0.1, -0.05) is 0 Å². The number of benzene rings is 1. The molecular formula is C8H14N4. The molecule has 0 amide bonds. The number of hydrogen-bond acceptors (Lipinski definition) is 4. The Labute approximate surface area is 71.9 Å². The summed E-state index contributed by atoms with van der Waals surface area (Å²) < 4.78 is 0. The van der Waals surface area contributed by atoms with Gasteiger partial charge in [0.25, 0.3) is 0 Å². The monoisotopic (exact) mass is 166 g/mol. The van der Waals surface area contributed by atoms with E-state index in [9.17, 15) is 0 Å². The van der Waals surface area contributed by atoms with Gasteiger partial charge in [0.15, 0.2) is 0 Å². The molecule has 1 aromatic rings. The number of nitrogens with zero attached hydrogens (tertiary/aromatic N) is 1. The average Bonchev–Trinajstić information content (AvgIpc) is 2.00. The van der Waals surface area contributed by atoms with Crippen LogP contribution in [0.2, 0.25) is 0 Å². The quantitative estimate of drug-likeness (QED) is 0.531. The molecule has 6 N–H and O–H groups in total. The maximum absolute atomic E-state index is 5.74. The van der Waals surface area contributed by atoms with Gasteiger partial charge in [0, 0.05) is 14.1 Å². The fraction of sp³-hybridized carbons (Fsp3) is 0.250. The van der Waals surface area contributed by atoms with Crippen molar-refractivity contribution in [3.05, 3.63) is 12.1 Å². The molecule has 0 heterocycles. The smallest absolute Gasteiger partial charge is 0.0806 e. The van der Waals surface area contributed by atoms with Crippen LogP contribution >= 0.6 is 0 Å². The predicted molar refractivity (Wildman–Crippen MR) is 54.0 cm³/mol. The van der Waals surface area contributed by atoms with Crippen molar-refractivity contribution in [2.75, 3.05) is 36.2 Å². The molecule has 12 heavy (non-hydrogen) atoms. The van der Waals surface area contributed by atoms with Crippen LogP contribution in [0.3, 0.4) is 0 Å². The van der Waals surface area contributed by atoms with Gasteiger partial charge in [0.05, 0.1) is 22.7 Å². The van der Waals surface area contributed by atoms with Crippen molar-refractivity contribution < 1.29 is 0 Å². The largest absolute Gasteiger partial charge is 0.397 e. The van der Waals surface area contributed by atoms with E-state index in [2.05, 4.69) is 0 Å².